The number of hydrogen-bond acceptors (Lipinski definition) is 5. The molecule has 0 aliphatic heterocycles. The fraction of sp³-hybridized carbons (Fsp3) is 0.100. The smallest absolute Gasteiger partial charge is 0.193 e. The van der Waals surface area contributed by atoms with E-state index in [0.29, 0.717) is 28.4 Å². The van der Waals surface area contributed by atoms with Crippen molar-refractivity contribution in [1.82, 2.24) is 19.9 Å². The summed E-state index contributed by atoms with van der Waals surface area (Å²) in [5, 5.41) is 0.359. The molecule has 0 bridgehead atoms. The van der Waals surface area contributed by atoms with Crippen molar-refractivity contribution < 1.29 is 4.79 Å². The van der Waals surface area contributed by atoms with E-state index in [2.05, 4.69) is 19.9 Å². The van der Waals surface area contributed by atoms with Gasteiger partial charge >= 0.3 is 0 Å². The summed E-state index contributed by atoms with van der Waals surface area (Å²) in [6, 6.07) is 0. The zero-order chi connectivity index (χ0) is 11.5. The Hall–Kier alpha value is -1.88. The standard InChI is InChI=1S/C10H7ClN4O/c1-6-12-2-7(3-13-6)10-8(11)4-14-9(5-16)15-10/h2-5H,1H3. The minimum atomic E-state index is 0.0833. The Morgan fingerprint density at radius 1 is 1.19 bits per heavy atom. The molecule has 0 unspecified atom stereocenters. The molecule has 5 nitrogen and oxygen atoms in total. The number of aldehydes is 1. The van der Waals surface area contributed by atoms with Crippen LogP contribution in [0.4, 0.5) is 0 Å². The fourth-order valence-corrected chi connectivity index (χ4v) is 1.36. The first kappa shape index (κ1) is 10.6. The Balaban J connectivity index is 2.54. The summed E-state index contributed by atoms with van der Waals surface area (Å²) >= 11 is 5.93. The van der Waals surface area contributed by atoms with Gasteiger partial charge in [0.2, 0.25) is 0 Å². The van der Waals surface area contributed by atoms with Crippen LogP contribution in [0.1, 0.15) is 16.4 Å². The van der Waals surface area contributed by atoms with Gasteiger partial charge in [0, 0.05) is 18.0 Å². The number of carbonyl (C=O) groups is 1. The van der Waals surface area contributed by atoms with E-state index in [1.165, 1.54) is 6.20 Å². The molecule has 0 saturated carbocycles. The van der Waals surface area contributed by atoms with Crippen LogP contribution in [0, 0.1) is 6.92 Å². The highest BCUT2D eigenvalue weighted by Crippen LogP contribution is 2.23. The van der Waals surface area contributed by atoms with E-state index in [9.17, 15) is 4.79 Å². The Morgan fingerprint density at radius 2 is 1.88 bits per heavy atom. The zero-order valence-electron chi connectivity index (χ0n) is 8.38. The van der Waals surface area contributed by atoms with Gasteiger partial charge in [0.05, 0.1) is 16.9 Å². The van der Waals surface area contributed by atoms with Crippen molar-refractivity contribution in [2.24, 2.45) is 0 Å². The molecule has 16 heavy (non-hydrogen) atoms. The first-order chi connectivity index (χ1) is 7.70. The third-order valence-corrected chi connectivity index (χ3v) is 2.20. The van der Waals surface area contributed by atoms with Crippen LogP contribution in [0.5, 0.6) is 0 Å². The molecule has 0 atom stereocenters. The van der Waals surface area contributed by atoms with Gasteiger partial charge in [-0.05, 0) is 6.92 Å². The van der Waals surface area contributed by atoms with Gasteiger partial charge < -0.3 is 0 Å². The molecule has 0 aliphatic carbocycles. The lowest BCUT2D eigenvalue weighted by Gasteiger charge is -2.02. The van der Waals surface area contributed by atoms with E-state index in [0.717, 1.165) is 0 Å². The van der Waals surface area contributed by atoms with Crippen LogP contribution >= 0.6 is 11.6 Å². The van der Waals surface area contributed by atoms with Crippen molar-refractivity contribution in [3.8, 4) is 11.3 Å². The number of carbonyl (C=O) groups excluding carboxylic acids is 1. The summed E-state index contributed by atoms with van der Waals surface area (Å²) in [6.45, 7) is 1.78. The molecule has 2 aromatic rings. The van der Waals surface area contributed by atoms with E-state index in [4.69, 9.17) is 11.6 Å². The van der Waals surface area contributed by atoms with Crippen molar-refractivity contribution >= 4 is 17.9 Å². The Labute approximate surface area is 96.6 Å². The molecule has 0 fully saturated rings. The van der Waals surface area contributed by atoms with Crippen molar-refractivity contribution in [2.75, 3.05) is 0 Å². The molecule has 0 radical (unpaired) electrons. The van der Waals surface area contributed by atoms with E-state index >= 15 is 0 Å². The van der Waals surface area contributed by atoms with E-state index in [1.807, 2.05) is 0 Å². The first-order valence-corrected chi connectivity index (χ1v) is 4.85. The minimum absolute atomic E-state index is 0.0833. The molecule has 2 heterocycles. The molecule has 2 rings (SSSR count). The van der Waals surface area contributed by atoms with Crippen LogP contribution < -0.4 is 0 Å². The molecule has 80 valence electrons. The molecule has 0 aliphatic rings. The Kier molecular flexibility index (Phi) is 2.87. The summed E-state index contributed by atoms with van der Waals surface area (Å²) in [5.74, 6) is 0.740. The molecular formula is C10H7ClN4O. The molecule has 0 saturated heterocycles. The van der Waals surface area contributed by atoms with Gasteiger partial charge in [-0.2, -0.15) is 0 Å². The van der Waals surface area contributed by atoms with Crippen LogP contribution in [0.15, 0.2) is 18.6 Å². The quantitative estimate of drug-likeness (QED) is 0.740. The molecular weight excluding hydrogens is 228 g/mol. The summed E-state index contributed by atoms with van der Waals surface area (Å²) in [6.07, 6.45) is 5.15. The number of halogens is 1. The average molecular weight is 235 g/mol. The van der Waals surface area contributed by atoms with Gasteiger partial charge in [0.1, 0.15) is 5.82 Å². The number of nitrogens with zero attached hydrogens (tertiary/aromatic N) is 4. The maximum Gasteiger partial charge on any atom is 0.193 e. The maximum absolute atomic E-state index is 10.6. The van der Waals surface area contributed by atoms with Crippen LogP contribution in [-0.4, -0.2) is 26.2 Å². The van der Waals surface area contributed by atoms with Gasteiger partial charge in [-0.25, -0.2) is 19.9 Å². The zero-order valence-corrected chi connectivity index (χ0v) is 9.14. The SMILES string of the molecule is Cc1ncc(-c2nc(C=O)ncc2Cl)cn1. The topological polar surface area (TPSA) is 68.6 Å². The molecule has 0 spiro atoms. The second-order valence-corrected chi connectivity index (χ2v) is 3.47. The highest BCUT2D eigenvalue weighted by molar-refractivity contribution is 6.32. The van der Waals surface area contributed by atoms with Crippen molar-refractivity contribution in [3.05, 3.63) is 35.3 Å². The number of rotatable bonds is 2. The molecule has 6 heteroatoms. The lowest BCUT2D eigenvalue weighted by Crippen LogP contribution is -1.97. The summed E-state index contributed by atoms with van der Waals surface area (Å²) in [4.78, 5) is 26.4. The largest absolute Gasteiger partial charge is 0.294 e. The third kappa shape index (κ3) is 2.04. The Morgan fingerprint density at radius 3 is 2.50 bits per heavy atom. The van der Waals surface area contributed by atoms with E-state index in [-0.39, 0.29) is 5.82 Å². The molecule has 2 aromatic heterocycles. The average Bonchev–Trinajstić information content (AvgIpc) is 2.31. The van der Waals surface area contributed by atoms with Gasteiger partial charge in [-0.1, -0.05) is 11.6 Å². The normalized spacial score (nSPS) is 10.1. The summed E-state index contributed by atoms with van der Waals surface area (Å²) < 4.78 is 0. The lowest BCUT2D eigenvalue weighted by atomic mass is 10.2. The summed E-state index contributed by atoms with van der Waals surface area (Å²) in [5.41, 5.74) is 1.11. The third-order valence-electron chi connectivity index (χ3n) is 1.92. The fourth-order valence-electron chi connectivity index (χ4n) is 1.15. The predicted molar refractivity (Wildman–Crippen MR) is 58.2 cm³/mol. The number of aromatic nitrogens is 4. The molecule has 0 aromatic carbocycles. The molecule has 0 N–H and O–H groups in total. The monoisotopic (exact) mass is 234 g/mol. The number of aryl methyl sites for hydroxylation is 1. The number of hydrogen-bond donors (Lipinski definition) is 0. The molecule has 0 amide bonds. The maximum atomic E-state index is 10.6. The van der Waals surface area contributed by atoms with Gasteiger partial charge in [0.15, 0.2) is 12.1 Å². The minimum Gasteiger partial charge on any atom is -0.294 e. The van der Waals surface area contributed by atoms with Crippen molar-refractivity contribution in [1.29, 1.82) is 0 Å². The van der Waals surface area contributed by atoms with Crippen molar-refractivity contribution in [2.45, 2.75) is 6.92 Å². The Bertz CT molecular complexity index is 527. The van der Waals surface area contributed by atoms with Crippen LogP contribution in [0.3, 0.4) is 0 Å². The highest BCUT2D eigenvalue weighted by Gasteiger charge is 2.08. The van der Waals surface area contributed by atoms with Gasteiger partial charge in [-0.3, -0.25) is 4.79 Å². The second-order valence-electron chi connectivity index (χ2n) is 3.06. The van der Waals surface area contributed by atoms with Gasteiger partial charge in [-0.15, -0.1) is 0 Å². The van der Waals surface area contributed by atoms with E-state index < -0.39 is 0 Å². The highest BCUT2D eigenvalue weighted by atomic mass is 35.5. The summed E-state index contributed by atoms with van der Waals surface area (Å²) in [7, 11) is 0. The van der Waals surface area contributed by atoms with Crippen LogP contribution in [0.25, 0.3) is 11.3 Å². The second kappa shape index (κ2) is 4.32. The van der Waals surface area contributed by atoms with Crippen LogP contribution in [-0.2, 0) is 0 Å². The van der Waals surface area contributed by atoms with E-state index in [1.54, 1.807) is 19.3 Å². The van der Waals surface area contributed by atoms with Gasteiger partial charge in [0.25, 0.3) is 0 Å². The predicted octanol–water partition coefficient (Wildman–Crippen LogP) is 1.71. The lowest BCUT2D eigenvalue weighted by molar-refractivity contribution is 0.111. The van der Waals surface area contributed by atoms with Crippen molar-refractivity contribution in [3.63, 3.8) is 0 Å². The first-order valence-electron chi connectivity index (χ1n) is 4.47. The van der Waals surface area contributed by atoms with Crippen LogP contribution in [0.2, 0.25) is 5.02 Å².